The van der Waals surface area contributed by atoms with E-state index in [0.29, 0.717) is 0 Å². The summed E-state index contributed by atoms with van der Waals surface area (Å²) in [6.45, 7) is 2.53. The standard InChI is InChI=1S/C15H24N2O2/c1-17(2)11-14(12-3-5-13(18)6-4-12)15(19)7-9-16-10-8-15/h3-6,14,16,18-19H,7-11H2,1-2H3/t14-/m0/s1. The zero-order chi connectivity index (χ0) is 13.9. The fraction of sp³-hybridized carbons (Fsp3) is 0.600. The minimum atomic E-state index is -0.660. The van der Waals surface area contributed by atoms with E-state index in [1.807, 2.05) is 26.2 Å². The van der Waals surface area contributed by atoms with Crippen molar-refractivity contribution in [3.63, 3.8) is 0 Å². The lowest BCUT2D eigenvalue weighted by Gasteiger charge is -2.41. The van der Waals surface area contributed by atoms with Crippen molar-refractivity contribution >= 4 is 0 Å². The molecule has 1 aromatic carbocycles. The molecule has 1 heterocycles. The van der Waals surface area contributed by atoms with E-state index in [4.69, 9.17) is 0 Å². The summed E-state index contributed by atoms with van der Waals surface area (Å²) in [4.78, 5) is 2.11. The topological polar surface area (TPSA) is 55.7 Å². The Balaban J connectivity index is 2.26. The molecule has 3 N–H and O–H groups in total. The molecule has 0 amide bonds. The lowest BCUT2D eigenvalue weighted by molar-refractivity contribution is -0.0220. The molecule has 0 radical (unpaired) electrons. The van der Waals surface area contributed by atoms with Crippen molar-refractivity contribution in [2.75, 3.05) is 33.7 Å². The third-order valence-electron chi connectivity index (χ3n) is 3.96. The van der Waals surface area contributed by atoms with Gasteiger partial charge in [-0.2, -0.15) is 0 Å². The lowest BCUT2D eigenvalue weighted by Crippen LogP contribution is -2.48. The summed E-state index contributed by atoms with van der Waals surface area (Å²) in [5, 5.41) is 23.7. The average Bonchev–Trinajstić information content (AvgIpc) is 2.38. The number of hydrogen-bond donors (Lipinski definition) is 3. The zero-order valence-corrected chi connectivity index (χ0v) is 11.8. The Kier molecular flexibility index (Phi) is 4.45. The number of nitrogens with zero attached hydrogens (tertiary/aromatic N) is 1. The molecule has 0 bridgehead atoms. The van der Waals surface area contributed by atoms with E-state index in [-0.39, 0.29) is 11.7 Å². The Morgan fingerprint density at radius 1 is 1.21 bits per heavy atom. The summed E-state index contributed by atoms with van der Waals surface area (Å²) in [6, 6.07) is 7.23. The van der Waals surface area contributed by atoms with Gasteiger partial charge in [-0.05, 0) is 57.7 Å². The minimum absolute atomic E-state index is 0.0743. The van der Waals surface area contributed by atoms with Crippen LogP contribution in [0.2, 0.25) is 0 Å². The van der Waals surface area contributed by atoms with E-state index in [9.17, 15) is 10.2 Å². The molecule has 19 heavy (non-hydrogen) atoms. The van der Waals surface area contributed by atoms with E-state index >= 15 is 0 Å². The van der Waals surface area contributed by atoms with Crippen LogP contribution in [0.25, 0.3) is 0 Å². The van der Waals surface area contributed by atoms with Gasteiger partial charge >= 0.3 is 0 Å². The molecule has 2 rings (SSSR count). The van der Waals surface area contributed by atoms with E-state index in [1.54, 1.807) is 12.1 Å². The molecule has 4 nitrogen and oxygen atoms in total. The van der Waals surface area contributed by atoms with Crippen LogP contribution in [0, 0.1) is 0 Å². The fourth-order valence-corrected chi connectivity index (χ4v) is 2.87. The van der Waals surface area contributed by atoms with E-state index in [2.05, 4.69) is 10.2 Å². The van der Waals surface area contributed by atoms with Gasteiger partial charge in [0.1, 0.15) is 5.75 Å². The highest BCUT2D eigenvalue weighted by atomic mass is 16.3. The molecular weight excluding hydrogens is 240 g/mol. The SMILES string of the molecule is CN(C)C[C@@H](c1ccc(O)cc1)C1(O)CCNCC1. The maximum Gasteiger partial charge on any atom is 0.115 e. The van der Waals surface area contributed by atoms with Gasteiger partial charge in [0.05, 0.1) is 5.60 Å². The van der Waals surface area contributed by atoms with Gasteiger partial charge in [0.25, 0.3) is 0 Å². The molecular formula is C15H24N2O2. The second kappa shape index (κ2) is 5.90. The van der Waals surface area contributed by atoms with Gasteiger partial charge < -0.3 is 20.4 Å². The summed E-state index contributed by atoms with van der Waals surface area (Å²) in [5.74, 6) is 0.342. The summed E-state index contributed by atoms with van der Waals surface area (Å²) >= 11 is 0. The van der Waals surface area contributed by atoms with Crippen LogP contribution in [0.15, 0.2) is 24.3 Å². The summed E-state index contributed by atoms with van der Waals surface area (Å²) in [7, 11) is 4.05. The van der Waals surface area contributed by atoms with Gasteiger partial charge in [-0.15, -0.1) is 0 Å². The number of hydrogen-bond acceptors (Lipinski definition) is 4. The van der Waals surface area contributed by atoms with Crippen LogP contribution < -0.4 is 5.32 Å². The van der Waals surface area contributed by atoms with Gasteiger partial charge in [-0.25, -0.2) is 0 Å². The van der Waals surface area contributed by atoms with Crippen LogP contribution in [0.3, 0.4) is 0 Å². The third-order valence-corrected chi connectivity index (χ3v) is 3.96. The number of phenolic OH excluding ortho intramolecular Hbond substituents is 1. The first-order valence-corrected chi connectivity index (χ1v) is 6.88. The molecule has 4 heteroatoms. The van der Waals surface area contributed by atoms with Crippen molar-refractivity contribution < 1.29 is 10.2 Å². The van der Waals surface area contributed by atoms with Crippen LogP contribution >= 0.6 is 0 Å². The van der Waals surface area contributed by atoms with Crippen LogP contribution in [-0.2, 0) is 0 Å². The Morgan fingerprint density at radius 3 is 2.32 bits per heavy atom. The van der Waals surface area contributed by atoms with Gasteiger partial charge in [0, 0.05) is 12.5 Å². The Bertz CT molecular complexity index is 397. The maximum absolute atomic E-state index is 11.0. The summed E-state index contributed by atoms with van der Waals surface area (Å²) in [6.07, 6.45) is 1.54. The van der Waals surface area contributed by atoms with E-state index < -0.39 is 5.60 Å². The molecule has 1 aliphatic heterocycles. The first-order valence-electron chi connectivity index (χ1n) is 6.88. The van der Waals surface area contributed by atoms with E-state index in [0.717, 1.165) is 38.0 Å². The fourth-order valence-electron chi connectivity index (χ4n) is 2.87. The van der Waals surface area contributed by atoms with Crippen LogP contribution in [-0.4, -0.2) is 54.4 Å². The highest BCUT2D eigenvalue weighted by Crippen LogP contribution is 2.36. The number of likely N-dealkylation sites (N-methyl/N-ethyl adjacent to an activating group) is 1. The monoisotopic (exact) mass is 264 g/mol. The zero-order valence-electron chi connectivity index (χ0n) is 11.8. The van der Waals surface area contributed by atoms with Crippen LogP contribution in [0.1, 0.15) is 24.3 Å². The minimum Gasteiger partial charge on any atom is -0.508 e. The number of rotatable bonds is 4. The molecule has 1 aliphatic rings. The normalized spacial score (nSPS) is 20.4. The van der Waals surface area contributed by atoms with Crippen molar-refractivity contribution in [3.05, 3.63) is 29.8 Å². The smallest absolute Gasteiger partial charge is 0.115 e. The first-order chi connectivity index (χ1) is 9.01. The Labute approximate surface area is 115 Å². The number of aliphatic hydroxyl groups is 1. The highest BCUT2D eigenvalue weighted by Gasteiger charge is 2.38. The van der Waals surface area contributed by atoms with Crippen molar-refractivity contribution in [1.29, 1.82) is 0 Å². The Morgan fingerprint density at radius 2 is 1.79 bits per heavy atom. The number of benzene rings is 1. The molecule has 0 spiro atoms. The molecule has 1 aromatic rings. The van der Waals surface area contributed by atoms with Gasteiger partial charge in [0.15, 0.2) is 0 Å². The largest absolute Gasteiger partial charge is 0.508 e. The third kappa shape index (κ3) is 3.47. The van der Waals surface area contributed by atoms with E-state index in [1.165, 1.54) is 0 Å². The van der Waals surface area contributed by atoms with Crippen molar-refractivity contribution in [2.45, 2.75) is 24.4 Å². The Hall–Kier alpha value is -1.10. The molecule has 0 unspecified atom stereocenters. The predicted octanol–water partition coefficient (Wildman–Crippen LogP) is 1.15. The van der Waals surface area contributed by atoms with Gasteiger partial charge in [0.2, 0.25) is 0 Å². The second-order valence-electron chi connectivity index (χ2n) is 5.76. The molecule has 0 aliphatic carbocycles. The molecule has 1 atom stereocenters. The maximum atomic E-state index is 11.0. The summed E-state index contributed by atoms with van der Waals surface area (Å²) < 4.78 is 0. The lowest BCUT2D eigenvalue weighted by atomic mass is 9.76. The number of aromatic hydroxyl groups is 1. The molecule has 1 saturated heterocycles. The second-order valence-corrected chi connectivity index (χ2v) is 5.76. The van der Waals surface area contributed by atoms with Crippen molar-refractivity contribution in [3.8, 4) is 5.75 Å². The highest BCUT2D eigenvalue weighted by molar-refractivity contribution is 5.30. The predicted molar refractivity (Wildman–Crippen MR) is 76.5 cm³/mol. The first kappa shape index (κ1) is 14.3. The van der Waals surface area contributed by atoms with Crippen molar-refractivity contribution in [1.82, 2.24) is 10.2 Å². The molecule has 0 aromatic heterocycles. The number of nitrogens with one attached hydrogen (secondary N) is 1. The average molecular weight is 264 g/mol. The quantitative estimate of drug-likeness (QED) is 0.763. The van der Waals surface area contributed by atoms with Gasteiger partial charge in [-0.1, -0.05) is 12.1 Å². The van der Waals surface area contributed by atoms with Crippen LogP contribution in [0.4, 0.5) is 0 Å². The van der Waals surface area contributed by atoms with Crippen molar-refractivity contribution in [2.24, 2.45) is 0 Å². The van der Waals surface area contributed by atoms with Crippen LogP contribution in [0.5, 0.6) is 5.75 Å². The summed E-state index contributed by atoms with van der Waals surface area (Å²) in [5.41, 5.74) is 0.433. The van der Waals surface area contributed by atoms with Gasteiger partial charge in [-0.3, -0.25) is 0 Å². The molecule has 106 valence electrons. The number of phenols is 1. The number of piperidine rings is 1. The molecule has 0 saturated carbocycles. The molecule has 1 fully saturated rings.